The van der Waals surface area contributed by atoms with E-state index in [1.807, 2.05) is 32.0 Å². The molecule has 0 saturated heterocycles. The lowest BCUT2D eigenvalue weighted by molar-refractivity contribution is 0.340. The van der Waals surface area contributed by atoms with E-state index < -0.39 is 9.84 Å². The van der Waals surface area contributed by atoms with Crippen molar-refractivity contribution in [3.63, 3.8) is 0 Å². The Hall–Kier alpha value is -1.07. The lowest BCUT2D eigenvalue weighted by Gasteiger charge is -2.09. The van der Waals surface area contributed by atoms with E-state index in [1.54, 1.807) is 6.07 Å². The van der Waals surface area contributed by atoms with Gasteiger partial charge in [0.25, 0.3) is 0 Å². The summed E-state index contributed by atoms with van der Waals surface area (Å²) in [4.78, 5) is 0. The Labute approximate surface area is 115 Å². The van der Waals surface area contributed by atoms with Crippen LogP contribution < -0.4 is 10.5 Å². The van der Waals surface area contributed by atoms with Crippen molar-refractivity contribution in [3.8, 4) is 5.75 Å². The van der Waals surface area contributed by atoms with Crippen molar-refractivity contribution >= 4 is 9.84 Å². The third-order valence-corrected chi connectivity index (χ3v) is 4.45. The first-order chi connectivity index (χ1) is 8.93. The van der Waals surface area contributed by atoms with E-state index in [0.717, 1.165) is 5.56 Å². The van der Waals surface area contributed by atoms with E-state index in [-0.39, 0.29) is 18.1 Å². The van der Waals surface area contributed by atoms with Crippen molar-refractivity contribution < 1.29 is 13.2 Å². The smallest absolute Gasteiger partial charge is 0.153 e. The van der Waals surface area contributed by atoms with E-state index >= 15 is 0 Å². The fraction of sp³-hybridized carbons (Fsp3) is 0.571. The molecule has 108 valence electrons. The summed E-state index contributed by atoms with van der Waals surface area (Å²) in [5.74, 6) is 1.36. The largest absolute Gasteiger partial charge is 0.493 e. The third-order valence-electron chi connectivity index (χ3n) is 2.80. The van der Waals surface area contributed by atoms with E-state index in [0.29, 0.717) is 24.6 Å². The molecular formula is C14H23NO3S. The highest BCUT2D eigenvalue weighted by molar-refractivity contribution is 7.91. The van der Waals surface area contributed by atoms with Gasteiger partial charge in [-0.05, 0) is 30.0 Å². The van der Waals surface area contributed by atoms with Crippen molar-refractivity contribution in [3.05, 3.63) is 29.8 Å². The molecule has 0 spiro atoms. The zero-order chi connectivity index (χ0) is 14.3. The molecule has 0 aliphatic carbocycles. The molecule has 0 saturated carbocycles. The van der Waals surface area contributed by atoms with Crippen molar-refractivity contribution in [1.82, 2.24) is 0 Å². The molecule has 19 heavy (non-hydrogen) atoms. The van der Waals surface area contributed by atoms with Gasteiger partial charge in [0.1, 0.15) is 12.4 Å². The molecule has 0 amide bonds. The average Bonchev–Trinajstić information content (AvgIpc) is 2.37. The zero-order valence-corrected chi connectivity index (χ0v) is 12.4. The number of benzene rings is 1. The molecule has 0 aliphatic heterocycles. The quantitative estimate of drug-likeness (QED) is 0.793. The first-order valence-electron chi connectivity index (χ1n) is 6.55. The molecule has 1 aromatic carbocycles. The van der Waals surface area contributed by atoms with Gasteiger partial charge in [0.15, 0.2) is 9.84 Å². The number of rotatable bonds is 8. The number of nitrogens with two attached hydrogens (primary N) is 1. The number of hydrogen-bond donors (Lipinski definition) is 1. The summed E-state index contributed by atoms with van der Waals surface area (Å²) in [6.45, 7) is 4.67. The van der Waals surface area contributed by atoms with Gasteiger partial charge in [-0.1, -0.05) is 26.0 Å². The average molecular weight is 285 g/mol. The SMILES string of the molecule is CC(C)CCS(=O)(=O)CCOc1cccc(CN)c1. The van der Waals surface area contributed by atoms with Crippen molar-refractivity contribution in [2.45, 2.75) is 26.8 Å². The summed E-state index contributed by atoms with van der Waals surface area (Å²) >= 11 is 0. The van der Waals surface area contributed by atoms with Gasteiger partial charge in [-0.15, -0.1) is 0 Å². The Balaban J connectivity index is 2.40. The Morgan fingerprint density at radius 1 is 1.26 bits per heavy atom. The van der Waals surface area contributed by atoms with Crippen LogP contribution in [0, 0.1) is 5.92 Å². The van der Waals surface area contributed by atoms with Gasteiger partial charge < -0.3 is 10.5 Å². The van der Waals surface area contributed by atoms with Gasteiger partial charge in [0, 0.05) is 6.54 Å². The van der Waals surface area contributed by atoms with E-state index in [4.69, 9.17) is 10.5 Å². The van der Waals surface area contributed by atoms with Crippen LogP contribution in [0.5, 0.6) is 5.75 Å². The first-order valence-corrected chi connectivity index (χ1v) is 8.37. The predicted molar refractivity (Wildman–Crippen MR) is 77.9 cm³/mol. The maximum atomic E-state index is 11.7. The predicted octanol–water partition coefficient (Wildman–Crippen LogP) is 1.98. The summed E-state index contributed by atoms with van der Waals surface area (Å²) in [6, 6.07) is 7.40. The number of hydrogen-bond acceptors (Lipinski definition) is 4. The van der Waals surface area contributed by atoms with Gasteiger partial charge in [-0.25, -0.2) is 8.42 Å². The fourth-order valence-corrected chi connectivity index (χ4v) is 2.94. The lowest BCUT2D eigenvalue weighted by Crippen LogP contribution is -2.18. The second-order valence-electron chi connectivity index (χ2n) is 5.03. The summed E-state index contributed by atoms with van der Waals surface area (Å²) in [7, 11) is -3.01. The molecule has 2 N–H and O–H groups in total. The Morgan fingerprint density at radius 2 is 2.00 bits per heavy atom. The van der Waals surface area contributed by atoms with Gasteiger partial charge in [0.2, 0.25) is 0 Å². The van der Waals surface area contributed by atoms with Crippen LogP contribution in [0.2, 0.25) is 0 Å². The standard InChI is InChI=1S/C14H23NO3S/c1-12(2)6-8-19(16,17)9-7-18-14-5-3-4-13(10-14)11-15/h3-5,10,12H,6-9,11,15H2,1-2H3. The monoisotopic (exact) mass is 285 g/mol. The molecule has 0 bridgehead atoms. The molecule has 0 unspecified atom stereocenters. The number of sulfone groups is 1. The summed E-state index contributed by atoms with van der Waals surface area (Å²) in [5, 5.41) is 0. The highest BCUT2D eigenvalue weighted by Gasteiger charge is 2.12. The Kier molecular flexibility index (Phi) is 6.31. The Morgan fingerprint density at radius 3 is 2.63 bits per heavy atom. The second-order valence-corrected chi connectivity index (χ2v) is 7.34. The lowest BCUT2D eigenvalue weighted by atomic mass is 10.2. The minimum absolute atomic E-state index is 0.0621. The summed E-state index contributed by atoms with van der Waals surface area (Å²) in [5.41, 5.74) is 6.51. The number of ether oxygens (including phenoxy) is 1. The van der Waals surface area contributed by atoms with Crippen molar-refractivity contribution in [2.24, 2.45) is 11.7 Å². The van der Waals surface area contributed by atoms with Crippen LogP contribution in [0.25, 0.3) is 0 Å². The molecule has 0 fully saturated rings. The third kappa shape index (κ3) is 6.59. The van der Waals surface area contributed by atoms with E-state index in [2.05, 4.69) is 0 Å². The maximum absolute atomic E-state index is 11.7. The zero-order valence-electron chi connectivity index (χ0n) is 11.6. The van der Waals surface area contributed by atoms with E-state index in [9.17, 15) is 8.42 Å². The summed E-state index contributed by atoms with van der Waals surface area (Å²) < 4.78 is 29.0. The van der Waals surface area contributed by atoms with Gasteiger partial charge in [0.05, 0.1) is 11.5 Å². The molecule has 1 rings (SSSR count). The first kappa shape index (κ1) is 16.0. The molecule has 0 aliphatic rings. The molecule has 0 radical (unpaired) electrons. The highest BCUT2D eigenvalue weighted by Crippen LogP contribution is 2.13. The second kappa shape index (κ2) is 7.50. The van der Waals surface area contributed by atoms with Crippen LogP contribution in [0.3, 0.4) is 0 Å². The molecule has 0 atom stereocenters. The molecule has 1 aromatic rings. The van der Waals surface area contributed by atoms with Crippen LogP contribution in [0.15, 0.2) is 24.3 Å². The van der Waals surface area contributed by atoms with Gasteiger partial charge in [-0.3, -0.25) is 0 Å². The van der Waals surface area contributed by atoms with Crippen molar-refractivity contribution in [1.29, 1.82) is 0 Å². The molecule has 4 nitrogen and oxygen atoms in total. The minimum Gasteiger partial charge on any atom is -0.493 e. The molecule has 5 heteroatoms. The Bertz CT molecular complexity index is 483. The van der Waals surface area contributed by atoms with Crippen LogP contribution in [0.1, 0.15) is 25.8 Å². The van der Waals surface area contributed by atoms with Crippen LogP contribution in [-0.4, -0.2) is 26.5 Å². The van der Waals surface area contributed by atoms with Gasteiger partial charge >= 0.3 is 0 Å². The van der Waals surface area contributed by atoms with Crippen molar-refractivity contribution in [2.75, 3.05) is 18.1 Å². The van der Waals surface area contributed by atoms with Crippen LogP contribution in [0.4, 0.5) is 0 Å². The molecule has 0 heterocycles. The summed E-state index contributed by atoms with van der Waals surface area (Å²) in [6.07, 6.45) is 0.699. The fourth-order valence-electron chi connectivity index (χ4n) is 1.57. The molecular weight excluding hydrogens is 262 g/mol. The molecule has 0 aromatic heterocycles. The van der Waals surface area contributed by atoms with Crippen LogP contribution in [-0.2, 0) is 16.4 Å². The highest BCUT2D eigenvalue weighted by atomic mass is 32.2. The van der Waals surface area contributed by atoms with Crippen LogP contribution >= 0.6 is 0 Å². The normalized spacial score (nSPS) is 11.8. The minimum atomic E-state index is -3.01. The topological polar surface area (TPSA) is 69.4 Å². The van der Waals surface area contributed by atoms with E-state index in [1.165, 1.54) is 0 Å². The maximum Gasteiger partial charge on any atom is 0.153 e. The van der Waals surface area contributed by atoms with Gasteiger partial charge in [-0.2, -0.15) is 0 Å².